The third-order valence-corrected chi connectivity index (χ3v) is 4.92. The normalized spacial score (nSPS) is 11.7. The first-order chi connectivity index (χ1) is 12.3. The van der Waals surface area contributed by atoms with Gasteiger partial charge in [-0.25, -0.2) is 12.8 Å². The molecule has 1 heterocycles. The molecule has 0 aliphatic rings. The van der Waals surface area contributed by atoms with Crippen LogP contribution in [0.1, 0.15) is 16.1 Å². The molecule has 3 aromatic rings. The molecule has 6 nitrogen and oxygen atoms in total. The molecule has 1 N–H and O–H groups in total. The lowest BCUT2D eigenvalue weighted by Crippen LogP contribution is -2.15. The van der Waals surface area contributed by atoms with Gasteiger partial charge in [0.1, 0.15) is 11.4 Å². The molecule has 8 heteroatoms. The number of para-hydroxylation sites is 1. The zero-order valence-corrected chi connectivity index (χ0v) is 14.9. The van der Waals surface area contributed by atoms with Crippen LogP contribution in [-0.2, 0) is 21.2 Å². The summed E-state index contributed by atoms with van der Waals surface area (Å²) in [5, 5.41) is 3.08. The minimum Gasteiger partial charge on any atom is -0.451 e. The monoisotopic (exact) mass is 377 g/mol. The van der Waals surface area contributed by atoms with Crippen molar-refractivity contribution in [2.45, 2.75) is 11.5 Å². The maximum absolute atomic E-state index is 14.0. The highest BCUT2D eigenvalue weighted by atomic mass is 32.2. The summed E-state index contributed by atoms with van der Waals surface area (Å²) in [4.78, 5) is 12.5. The number of methoxy groups -OCH3 is 1. The molecule has 3 rings (SSSR count). The van der Waals surface area contributed by atoms with Crippen LogP contribution in [0.25, 0.3) is 11.0 Å². The van der Waals surface area contributed by atoms with Crippen molar-refractivity contribution in [2.75, 3.05) is 18.7 Å². The van der Waals surface area contributed by atoms with Gasteiger partial charge in [0.2, 0.25) is 0 Å². The molecule has 0 radical (unpaired) electrons. The Morgan fingerprint density at radius 1 is 1.23 bits per heavy atom. The number of rotatable bonds is 5. The number of fused-ring (bicyclic) bond motifs is 1. The van der Waals surface area contributed by atoms with Crippen molar-refractivity contribution >= 4 is 32.4 Å². The Kier molecular flexibility index (Phi) is 4.80. The topological polar surface area (TPSA) is 85.6 Å². The number of anilines is 1. The molecule has 0 saturated carbocycles. The van der Waals surface area contributed by atoms with E-state index in [0.717, 1.165) is 24.5 Å². The number of halogens is 1. The van der Waals surface area contributed by atoms with Gasteiger partial charge in [-0.2, -0.15) is 0 Å². The van der Waals surface area contributed by atoms with E-state index in [-0.39, 0.29) is 22.9 Å². The fourth-order valence-electron chi connectivity index (χ4n) is 2.58. The van der Waals surface area contributed by atoms with E-state index in [2.05, 4.69) is 5.32 Å². The number of ether oxygens (including phenoxy) is 1. The van der Waals surface area contributed by atoms with Gasteiger partial charge in [-0.15, -0.1) is 0 Å². The number of carbonyl (C=O) groups is 1. The van der Waals surface area contributed by atoms with Crippen LogP contribution in [0, 0.1) is 5.82 Å². The fraction of sp³-hybridized carbons (Fsp3) is 0.167. The van der Waals surface area contributed by atoms with Gasteiger partial charge in [-0.05, 0) is 24.3 Å². The quantitative estimate of drug-likeness (QED) is 0.689. The van der Waals surface area contributed by atoms with Gasteiger partial charge in [0.25, 0.3) is 5.91 Å². The lowest BCUT2D eigenvalue weighted by Gasteiger charge is -2.08. The number of amides is 1. The van der Waals surface area contributed by atoms with Crippen LogP contribution in [-0.4, -0.2) is 27.7 Å². The van der Waals surface area contributed by atoms with Gasteiger partial charge in [-0.1, -0.05) is 18.2 Å². The van der Waals surface area contributed by atoms with Gasteiger partial charge in [0.15, 0.2) is 15.6 Å². The van der Waals surface area contributed by atoms with Gasteiger partial charge in [0, 0.05) is 24.3 Å². The summed E-state index contributed by atoms with van der Waals surface area (Å²) in [6.07, 6.45) is 1.00. The summed E-state index contributed by atoms with van der Waals surface area (Å²) >= 11 is 0. The molecule has 0 atom stereocenters. The highest BCUT2D eigenvalue weighted by Gasteiger charge is 2.22. The first kappa shape index (κ1) is 18.1. The van der Waals surface area contributed by atoms with E-state index in [1.165, 1.54) is 7.11 Å². The maximum Gasteiger partial charge on any atom is 0.291 e. The third kappa shape index (κ3) is 3.47. The predicted octanol–water partition coefficient (Wildman–Crippen LogP) is 3.37. The second-order valence-electron chi connectivity index (χ2n) is 5.71. The van der Waals surface area contributed by atoms with Crippen molar-refractivity contribution < 1.29 is 26.8 Å². The Bertz CT molecular complexity index is 1090. The summed E-state index contributed by atoms with van der Waals surface area (Å²) in [6.45, 7) is 0.131. The van der Waals surface area contributed by atoms with Crippen LogP contribution in [0.2, 0.25) is 0 Å². The number of nitrogens with one attached hydrogen (secondary N) is 1. The second-order valence-corrected chi connectivity index (χ2v) is 7.72. The molecular weight excluding hydrogens is 361 g/mol. The van der Waals surface area contributed by atoms with Crippen LogP contribution in [0.3, 0.4) is 0 Å². The number of carbonyl (C=O) groups excluding carboxylic acids is 1. The van der Waals surface area contributed by atoms with E-state index in [1.54, 1.807) is 24.3 Å². The number of sulfone groups is 1. The van der Waals surface area contributed by atoms with Crippen molar-refractivity contribution in [3.8, 4) is 0 Å². The molecule has 0 aliphatic heterocycles. The Morgan fingerprint density at radius 2 is 1.96 bits per heavy atom. The van der Waals surface area contributed by atoms with Crippen LogP contribution < -0.4 is 5.32 Å². The maximum atomic E-state index is 14.0. The van der Waals surface area contributed by atoms with Crippen molar-refractivity contribution in [1.82, 2.24) is 0 Å². The molecule has 136 valence electrons. The SMILES string of the molecule is COCc1c(C(=O)Nc2cc(S(C)(=O)=O)ccc2F)oc2ccccc12. The number of furan rings is 1. The highest BCUT2D eigenvalue weighted by Crippen LogP contribution is 2.28. The van der Waals surface area contributed by atoms with Gasteiger partial charge >= 0.3 is 0 Å². The standard InChI is InChI=1S/C18H16FNO5S/c1-24-10-13-12-5-3-4-6-16(12)25-17(13)18(21)20-15-9-11(26(2,22)23)7-8-14(15)19/h3-9H,10H2,1-2H3,(H,20,21). The number of hydrogen-bond donors (Lipinski definition) is 1. The van der Waals surface area contributed by atoms with Crippen LogP contribution in [0.5, 0.6) is 0 Å². The molecule has 1 amide bonds. The molecular formula is C18H16FNO5S. The minimum absolute atomic E-state index is 0.0165. The van der Waals surface area contributed by atoms with Crippen LogP contribution in [0.4, 0.5) is 10.1 Å². The average Bonchev–Trinajstić information content (AvgIpc) is 2.95. The van der Waals surface area contributed by atoms with Crippen molar-refractivity contribution in [1.29, 1.82) is 0 Å². The fourth-order valence-corrected chi connectivity index (χ4v) is 3.23. The Labute approximate surface area is 149 Å². The zero-order chi connectivity index (χ0) is 18.9. The smallest absolute Gasteiger partial charge is 0.291 e. The first-order valence-electron chi connectivity index (χ1n) is 7.61. The summed E-state index contributed by atoms with van der Waals surface area (Å²) in [5.74, 6) is -1.47. The minimum atomic E-state index is -3.54. The Hall–Kier alpha value is -2.71. The molecule has 26 heavy (non-hydrogen) atoms. The lowest BCUT2D eigenvalue weighted by atomic mass is 10.1. The van der Waals surface area contributed by atoms with Crippen LogP contribution >= 0.6 is 0 Å². The molecule has 0 aliphatic carbocycles. The molecule has 1 aromatic heterocycles. The number of hydrogen-bond acceptors (Lipinski definition) is 5. The summed E-state index contributed by atoms with van der Waals surface area (Å²) in [5.41, 5.74) is 0.775. The number of benzene rings is 2. The predicted molar refractivity (Wildman–Crippen MR) is 94.4 cm³/mol. The van der Waals surface area contributed by atoms with E-state index in [4.69, 9.17) is 9.15 Å². The van der Waals surface area contributed by atoms with E-state index in [0.29, 0.717) is 16.5 Å². The van der Waals surface area contributed by atoms with Crippen molar-refractivity contribution in [2.24, 2.45) is 0 Å². The molecule has 2 aromatic carbocycles. The summed E-state index contributed by atoms with van der Waals surface area (Å²) in [6, 6.07) is 10.2. The van der Waals surface area contributed by atoms with E-state index >= 15 is 0 Å². The second kappa shape index (κ2) is 6.89. The first-order valence-corrected chi connectivity index (χ1v) is 9.50. The lowest BCUT2D eigenvalue weighted by molar-refractivity contribution is 0.0991. The molecule has 0 fully saturated rings. The van der Waals surface area contributed by atoms with E-state index in [1.807, 2.05) is 0 Å². The van der Waals surface area contributed by atoms with Crippen molar-refractivity contribution in [3.05, 3.63) is 59.6 Å². The van der Waals surface area contributed by atoms with Crippen molar-refractivity contribution in [3.63, 3.8) is 0 Å². The average molecular weight is 377 g/mol. The molecule has 0 unspecified atom stereocenters. The largest absolute Gasteiger partial charge is 0.451 e. The Morgan fingerprint density at radius 3 is 2.65 bits per heavy atom. The highest BCUT2D eigenvalue weighted by molar-refractivity contribution is 7.90. The zero-order valence-electron chi connectivity index (χ0n) is 14.1. The van der Waals surface area contributed by atoms with E-state index in [9.17, 15) is 17.6 Å². The molecule has 0 spiro atoms. The van der Waals surface area contributed by atoms with Crippen LogP contribution in [0.15, 0.2) is 51.8 Å². The summed E-state index contributed by atoms with van der Waals surface area (Å²) in [7, 11) is -2.06. The van der Waals surface area contributed by atoms with Gasteiger partial charge in [-0.3, -0.25) is 4.79 Å². The van der Waals surface area contributed by atoms with Gasteiger partial charge < -0.3 is 14.5 Å². The Balaban J connectivity index is 2.01. The third-order valence-electron chi connectivity index (χ3n) is 3.81. The van der Waals surface area contributed by atoms with Gasteiger partial charge in [0.05, 0.1) is 17.2 Å². The summed E-state index contributed by atoms with van der Waals surface area (Å²) < 4.78 is 48.0. The molecule has 0 saturated heterocycles. The molecule has 0 bridgehead atoms. The van der Waals surface area contributed by atoms with E-state index < -0.39 is 21.6 Å².